The summed E-state index contributed by atoms with van der Waals surface area (Å²) in [5.74, 6) is 0.648. The van der Waals surface area contributed by atoms with Crippen LogP contribution >= 0.6 is 11.3 Å². The van der Waals surface area contributed by atoms with Crippen LogP contribution in [0.5, 0.6) is 0 Å². The SMILES string of the molecule is c1ccc(-c2cccc(N(c3ccc(-c4ccc5ccccc5c4)cc3)c3ccc4c(c3)sc3cc5oc(-c6ccccc6)nc5cc34)c2)cc1. The van der Waals surface area contributed by atoms with E-state index >= 15 is 0 Å². The van der Waals surface area contributed by atoms with Crippen molar-refractivity contribution in [1.82, 2.24) is 4.98 Å². The molecule has 0 radical (unpaired) electrons. The van der Waals surface area contributed by atoms with Gasteiger partial charge in [-0.15, -0.1) is 11.3 Å². The number of hydrogen-bond donors (Lipinski definition) is 0. The van der Waals surface area contributed by atoms with Crippen LogP contribution in [0.2, 0.25) is 0 Å². The molecule has 240 valence electrons. The molecule has 2 heterocycles. The van der Waals surface area contributed by atoms with E-state index in [1.54, 1.807) is 11.3 Å². The Morgan fingerprint density at radius 1 is 0.412 bits per heavy atom. The Bertz CT molecular complexity index is 2850. The number of benzene rings is 8. The minimum absolute atomic E-state index is 0.648. The number of hydrogen-bond acceptors (Lipinski definition) is 4. The molecule has 0 saturated carbocycles. The monoisotopic (exact) mass is 670 g/mol. The average Bonchev–Trinajstić information content (AvgIpc) is 3.78. The molecule has 0 spiro atoms. The van der Waals surface area contributed by atoms with E-state index in [4.69, 9.17) is 9.40 Å². The maximum absolute atomic E-state index is 6.23. The number of aromatic nitrogens is 1. The standard InChI is InChI=1S/C47H30N2OS/c1-3-10-31(11-4-1)36-16-9-17-39(27-36)49(38-22-20-33(21-23-38)37-19-18-32-12-7-8-15-35(32)26-37)40-24-25-41-42-29-43-44(30-46(42)51-45(41)28-40)50-47(48-43)34-13-5-2-6-14-34/h1-30H. The fraction of sp³-hybridized carbons (Fsp3) is 0. The summed E-state index contributed by atoms with van der Waals surface area (Å²) < 4.78 is 8.63. The Hall–Kier alpha value is -6.49. The molecule has 3 nitrogen and oxygen atoms in total. The maximum Gasteiger partial charge on any atom is 0.227 e. The second-order valence-electron chi connectivity index (χ2n) is 12.8. The Labute approximate surface area is 299 Å². The van der Waals surface area contributed by atoms with E-state index in [2.05, 4.69) is 157 Å². The zero-order valence-electron chi connectivity index (χ0n) is 27.5. The van der Waals surface area contributed by atoms with Gasteiger partial charge in [-0.1, -0.05) is 115 Å². The molecule has 0 N–H and O–H groups in total. The summed E-state index contributed by atoms with van der Waals surface area (Å²) in [5, 5.41) is 4.91. The zero-order chi connectivity index (χ0) is 33.7. The van der Waals surface area contributed by atoms with Gasteiger partial charge in [-0.05, 0) is 93.7 Å². The topological polar surface area (TPSA) is 29.3 Å². The molecule has 0 unspecified atom stereocenters. The summed E-state index contributed by atoms with van der Waals surface area (Å²) >= 11 is 1.79. The molecule has 0 saturated heterocycles. The Balaban J connectivity index is 1.08. The van der Waals surface area contributed by atoms with Gasteiger partial charge in [-0.2, -0.15) is 0 Å². The lowest BCUT2D eigenvalue weighted by molar-refractivity contribution is 0.620. The summed E-state index contributed by atoms with van der Waals surface area (Å²) in [5.41, 5.74) is 10.7. The van der Waals surface area contributed by atoms with Crippen LogP contribution in [-0.2, 0) is 0 Å². The Kier molecular flexibility index (Phi) is 7.00. The molecule has 0 bridgehead atoms. The van der Waals surface area contributed by atoms with Crippen molar-refractivity contribution in [3.63, 3.8) is 0 Å². The molecule has 4 heteroatoms. The van der Waals surface area contributed by atoms with Gasteiger partial charge in [0.05, 0.1) is 0 Å². The first-order chi connectivity index (χ1) is 25.2. The van der Waals surface area contributed by atoms with Crippen molar-refractivity contribution < 1.29 is 4.42 Å². The number of oxazole rings is 1. The number of fused-ring (bicyclic) bond motifs is 5. The van der Waals surface area contributed by atoms with E-state index in [0.29, 0.717) is 5.89 Å². The molecule has 10 aromatic rings. The quantitative estimate of drug-likeness (QED) is 0.176. The minimum Gasteiger partial charge on any atom is -0.436 e. The van der Waals surface area contributed by atoms with Crippen LogP contribution in [0.4, 0.5) is 17.1 Å². The zero-order valence-corrected chi connectivity index (χ0v) is 28.3. The molecule has 0 amide bonds. The number of nitrogens with zero attached hydrogens (tertiary/aromatic N) is 2. The summed E-state index contributed by atoms with van der Waals surface area (Å²) in [6, 6.07) is 64.7. The highest BCUT2D eigenvalue weighted by Gasteiger charge is 2.17. The molecule has 0 aliphatic rings. The van der Waals surface area contributed by atoms with Crippen molar-refractivity contribution in [2.45, 2.75) is 0 Å². The lowest BCUT2D eigenvalue weighted by atomic mass is 10.0. The molecule has 0 aliphatic carbocycles. The van der Waals surface area contributed by atoms with E-state index in [1.807, 2.05) is 30.3 Å². The van der Waals surface area contributed by atoms with Gasteiger partial charge >= 0.3 is 0 Å². The average molecular weight is 671 g/mol. The third-order valence-corrected chi connectivity index (χ3v) is 10.8. The highest BCUT2D eigenvalue weighted by Crippen LogP contribution is 2.43. The highest BCUT2D eigenvalue weighted by molar-refractivity contribution is 7.25. The van der Waals surface area contributed by atoms with Crippen molar-refractivity contribution in [1.29, 1.82) is 0 Å². The van der Waals surface area contributed by atoms with Gasteiger partial charge in [-0.25, -0.2) is 4.98 Å². The fourth-order valence-corrected chi connectivity index (χ4v) is 8.25. The van der Waals surface area contributed by atoms with Gasteiger partial charge in [0.15, 0.2) is 5.58 Å². The van der Waals surface area contributed by atoms with E-state index < -0.39 is 0 Å². The van der Waals surface area contributed by atoms with Crippen molar-refractivity contribution in [2.75, 3.05) is 4.90 Å². The van der Waals surface area contributed by atoms with Crippen LogP contribution in [0.25, 0.3) is 75.8 Å². The van der Waals surface area contributed by atoms with Crippen LogP contribution in [0.15, 0.2) is 186 Å². The van der Waals surface area contributed by atoms with Gasteiger partial charge in [-0.3, -0.25) is 0 Å². The minimum atomic E-state index is 0.648. The fourth-order valence-electron chi connectivity index (χ4n) is 7.10. The summed E-state index contributed by atoms with van der Waals surface area (Å²) in [6.07, 6.45) is 0. The number of rotatable bonds is 6. The lowest BCUT2D eigenvalue weighted by Gasteiger charge is -2.26. The van der Waals surface area contributed by atoms with Crippen LogP contribution < -0.4 is 4.90 Å². The third kappa shape index (κ3) is 5.34. The van der Waals surface area contributed by atoms with E-state index in [1.165, 1.54) is 53.2 Å². The second kappa shape index (κ2) is 12.1. The number of anilines is 3. The van der Waals surface area contributed by atoms with Gasteiger partial charge in [0.2, 0.25) is 5.89 Å². The van der Waals surface area contributed by atoms with Crippen molar-refractivity contribution in [3.8, 4) is 33.7 Å². The molecule has 8 aromatic carbocycles. The smallest absolute Gasteiger partial charge is 0.227 e. The molecule has 10 rings (SSSR count). The van der Waals surface area contributed by atoms with Crippen LogP contribution in [0, 0.1) is 0 Å². The van der Waals surface area contributed by atoms with Crippen molar-refractivity contribution in [3.05, 3.63) is 182 Å². The molecule has 51 heavy (non-hydrogen) atoms. The summed E-state index contributed by atoms with van der Waals surface area (Å²) in [6.45, 7) is 0. The van der Waals surface area contributed by atoms with E-state index in [0.717, 1.165) is 33.7 Å². The number of thiophene rings is 1. The summed E-state index contributed by atoms with van der Waals surface area (Å²) in [7, 11) is 0. The van der Waals surface area contributed by atoms with Gasteiger partial charge in [0.25, 0.3) is 0 Å². The molecule has 0 atom stereocenters. The van der Waals surface area contributed by atoms with Crippen molar-refractivity contribution >= 4 is 70.4 Å². The van der Waals surface area contributed by atoms with Gasteiger partial charge in [0, 0.05) is 48.9 Å². The first kappa shape index (κ1) is 29.4. The highest BCUT2D eigenvalue weighted by atomic mass is 32.1. The van der Waals surface area contributed by atoms with Crippen LogP contribution in [-0.4, -0.2) is 4.98 Å². The van der Waals surface area contributed by atoms with Crippen LogP contribution in [0.3, 0.4) is 0 Å². The Morgan fingerprint density at radius 2 is 1.04 bits per heavy atom. The van der Waals surface area contributed by atoms with Gasteiger partial charge in [0.1, 0.15) is 5.52 Å². The predicted octanol–water partition coefficient (Wildman–Crippen LogP) is 13.8. The molecular formula is C47H30N2OS. The largest absolute Gasteiger partial charge is 0.436 e. The first-order valence-corrected chi connectivity index (χ1v) is 17.9. The molecule has 0 fully saturated rings. The molecule has 0 aliphatic heterocycles. The maximum atomic E-state index is 6.23. The lowest BCUT2D eigenvalue weighted by Crippen LogP contribution is -2.09. The third-order valence-electron chi connectivity index (χ3n) is 9.66. The normalized spacial score (nSPS) is 11.5. The Morgan fingerprint density at radius 3 is 1.86 bits per heavy atom. The second-order valence-corrected chi connectivity index (χ2v) is 13.9. The van der Waals surface area contributed by atoms with E-state index in [9.17, 15) is 0 Å². The first-order valence-electron chi connectivity index (χ1n) is 17.1. The predicted molar refractivity (Wildman–Crippen MR) is 215 cm³/mol. The molecular weight excluding hydrogens is 641 g/mol. The molecule has 2 aromatic heterocycles. The van der Waals surface area contributed by atoms with Gasteiger partial charge < -0.3 is 9.32 Å². The van der Waals surface area contributed by atoms with E-state index in [-0.39, 0.29) is 0 Å². The summed E-state index contributed by atoms with van der Waals surface area (Å²) in [4.78, 5) is 7.21. The van der Waals surface area contributed by atoms with Crippen molar-refractivity contribution in [2.24, 2.45) is 0 Å². The van der Waals surface area contributed by atoms with Crippen LogP contribution in [0.1, 0.15) is 0 Å².